The highest BCUT2D eigenvalue weighted by Crippen LogP contribution is 2.18. The summed E-state index contributed by atoms with van der Waals surface area (Å²) in [4.78, 5) is 23.6. The first-order valence-corrected chi connectivity index (χ1v) is 7.96. The van der Waals surface area contributed by atoms with Crippen LogP contribution in [-0.2, 0) is 4.79 Å². The fourth-order valence-corrected chi connectivity index (χ4v) is 2.66. The maximum atomic E-state index is 11.8. The van der Waals surface area contributed by atoms with Crippen molar-refractivity contribution in [3.8, 4) is 0 Å². The van der Waals surface area contributed by atoms with Gasteiger partial charge in [0.2, 0.25) is 5.91 Å². The van der Waals surface area contributed by atoms with Gasteiger partial charge in [0.25, 0.3) is 5.91 Å². The number of carbonyl (C=O) groups is 2. The first-order valence-electron chi connectivity index (χ1n) is 7.96. The number of rotatable bonds is 6. The quantitative estimate of drug-likeness (QED) is 0.699. The molecule has 0 aromatic heterocycles. The summed E-state index contributed by atoms with van der Waals surface area (Å²) in [6.45, 7) is 0.491. The molecule has 1 aliphatic rings. The summed E-state index contributed by atoms with van der Waals surface area (Å²) in [6, 6.07) is 9.23. The van der Waals surface area contributed by atoms with Crippen LogP contribution < -0.4 is 10.6 Å². The number of nitrogens with one attached hydrogen (secondary N) is 2. The van der Waals surface area contributed by atoms with E-state index >= 15 is 0 Å². The molecule has 0 spiro atoms. The van der Waals surface area contributed by atoms with E-state index in [1.54, 1.807) is 12.1 Å². The molecule has 2 amide bonds. The highest BCUT2D eigenvalue weighted by Gasteiger charge is 2.20. The Labute approximate surface area is 131 Å². The number of aliphatic hydroxyl groups excluding tert-OH is 1. The van der Waals surface area contributed by atoms with Gasteiger partial charge < -0.3 is 15.7 Å². The number of amides is 2. The Balaban J connectivity index is 1.58. The molecule has 0 saturated heterocycles. The minimum atomic E-state index is -0.207. The molecule has 1 aromatic carbocycles. The first kappa shape index (κ1) is 16.5. The molecule has 5 nitrogen and oxygen atoms in total. The molecule has 5 heteroatoms. The van der Waals surface area contributed by atoms with E-state index in [-0.39, 0.29) is 24.0 Å². The average Bonchev–Trinajstić information content (AvgIpc) is 2.54. The molecular formula is C17H24N2O3. The summed E-state index contributed by atoms with van der Waals surface area (Å²) in [6.07, 6.45) is 4.04. The second-order valence-electron chi connectivity index (χ2n) is 5.80. The van der Waals surface area contributed by atoms with Crippen LogP contribution in [0.5, 0.6) is 0 Å². The van der Waals surface area contributed by atoms with Crippen molar-refractivity contribution in [2.75, 3.05) is 6.54 Å². The predicted molar refractivity (Wildman–Crippen MR) is 84.4 cm³/mol. The predicted octanol–water partition coefficient (Wildman–Crippen LogP) is 1.62. The molecule has 1 saturated carbocycles. The van der Waals surface area contributed by atoms with E-state index in [0.717, 1.165) is 25.7 Å². The minimum Gasteiger partial charge on any atom is -0.393 e. The molecule has 120 valence electrons. The fraction of sp³-hybridized carbons (Fsp3) is 0.529. The Morgan fingerprint density at radius 3 is 2.45 bits per heavy atom. The lowest BCUT2D eigenvalue weighted by molar-refractivity contribution is -0.122. The van der Waals surface area contributed by atoms with Crippen LogP contribution in [0.2, 0.25) is 0 Å². The second kappa shape index (κ2) is 8.54. The molecular weight excluding hydrogens is 280 g/mol. The smallest absolute Gasteiger partial charge is 0.251 e. The Bertz CT molecular complexity index is 482. The Kier molecular flexibility index (Phi) is 6.40. The van der Waals surface area contributed by atoms with Gasteiger partial charge in [-0.25, -0.2) is 0 Å². The van der Waals surface area contributed by atoms with Gasteiger partial charge in [-0.3, -0.25) is 9.59 Å². The summed E-state index contributed by atoms with van der Waals surface area (Å²) in [5.74, 6) is -0.0855. The molecule has 0 heterocycles. The zero-order chi connectivity index (χ0) is 15.8. The minimum absolute atomic E-state index is 0.0235. The van der Waals surface area contributed by atoms with E-state index in [4.69, 9.17) is 0 Å². The SMILES string of the molecule is O=C(CCCNC(=O)c1ccccc1)NC1CCC(O)CC1. The molecule has 22 heavy (non-hydrogen) atoms. The summed E-state index contributed by atoms with van der Waals surface area (Å²) in [5, 5.41) is 15.2. The molecule has 3 N–H and O–H groups in total. The molecule has 2 rings (SSSR count). The van der Waals surface area contributed by atoms with Crippen LogP contribution in [0.1, 0.15) is 48.9 Å². The van der Waals surface area contributed by atoms with Gasteiger partial charge in [0.15, 0.2) is 0 Å². The fourth-order valence-electron chi connectivity index (χ4n) is 2.66. The van der Waals surface area contributed by atoms with Crippen molar-refractivity contribution in [2.45, 2.75) is 50.7 Å². The van der Waals surface area contributed by atoms with Crippen LogP contribution >= 0.6 is 0 Å². The normalized spacial score (nSPS) is 21.1. The zero-order valence-electron chi connectivity index (χ0n) is 12.8. The maximum Gasteiger partial charge on any atom is 0.251 e. The Hall–Kier alpha value is -1.88. The van der Waals surface area contributed by atoms with E-state index < -0.39 is 0 Å². The molecule has 1 fully saturated rings. The third-order valence-electron chi connectivity index (χ3n) is 3.96. The van der Waals surface area contributed by atoms with Crippen molar-refractivity contribution in [1.82, 2.24) is 10.6 Å². The Morgan fingerprint density at radius 1 is 1.09 bits per heavy atom. The number of carbonyl (C=O) groups excluding carboxylic acids is 2. The lowest BCUT2D eigenvalue weighted by Crippen LogP contribution is -2.38. The summed E-state index contributed by atoms with van der Waals surface area (Å²) < 4.78 is 0. The zero-order valence-corrected chi connectivity index (χ0v) is 12.8. The molecule has 0 aliphatic heterocycles. The van der Waals surface area contributed by atoms with Crippen LogP contribution in [-0.4, -0.2) is 35.6 Å². The van der Waals surface area contributed by atoms with Crippen molar-refractivity contribution in [1.29, 1.82) is 0 Å². The van der Waals surface area contributed by atoms with E-state index in [0.29, 0.717) is 24.9 Å². The van der Waals surface area contributed by atoms with Crippen molar-refractivity contribution in [2.24, 2.45) is 0 Å². The Morgan fingerprint density at radius 2 is 1.77 bits per heavy atom. The monoisotopic (exact) mass is 304 g/mol. The molecule has 1 aliphatic carbocycles. The van der Waals surface area contributed by atoms with Gasteiger partial charge in [-0.05, 0) is 44.2 Å². The largest absolute Gasteiger partial charge is 0.393 e. The van der Waals surface area contributed by atoms with Gasteiger partial charge in [0, 0.05) is 24.6 Å². The highest BCUT2D eigenvalue weighted by molar-refractivity contribution is 5.94. The van der Waals surface area contributed by atoms with Gasteiger partial charge >= 0.3 is 0 Å². The second-order valence-corrected chi connectivity index (χ2v) is 5.80. The number of aliphatic hydroxyl groups is 1. The van der Waals surface area contributed by atoms with Crippen LogP contribution in [0.25, 0.3) is 0 Å². The van der Waals surface area contributed by atoms with E-state index in [9.17, 15) is 14.7 Å². The van der Waals surface area contributed by atoms with Crippen LogP contribution in [0.3, 0.4) is 0 Å². The van der Waals surface area contributed by atoms with Gasteiger partial charge in [0.05, 0.1) is 6.10 Å². The van der Waals surface area contributed by atoms with E-state index in [1.165, 1.54) is 0 Å². The average molecular weight is 304 g/mol. The van der Waals surface area contributed by atoms with Crippen molar-refractivity contribution in [3.63, 3.8) is 0 Å². The maximum absolute atomic E-state index is 11.8. The van der Waals surface area contributed by atoms with Crippen molar-refractivity contribution >= 4 is 11.8 Å². The lowest BCUT2D eigenvalue weighted by Gasteiger charge is -2.26. The van der Waals surface area contributed by atoms with Gasteiger partial charge in [-0.2, -0.15) is 0 Å². The highest BCUT2D eigenvalue weighted by atomic mass is 16.3. The third kappa shape index (κ3) is 5.48. The van der Waals surface area contributed by atoms with E-state index in [2.05, 4.69) is 10.6 Å². The summed E-state index contributed by atoms with van der Waals surface area (Å²) in [7, 11) is 0. The van der Waals surface area contributed by atoms with Crippen LogP contribution in [0.15, 0.2) is 30.3 Å². The summed E-state index contributed by atoms with van der Waals surface area (Å²) >= 11 is 0. The van der Waals surface area contributed by atoms with Crippen LogP contribution in [0, 0.1) is 0 Å². The topological polar surface area (TPSA) is 78.4 Å². The lowest BCUT2D eigenvalue weighted by atomic mass is 9.93. The number of benzene rings is 1. The molecule has 0 unspecified atom stereocenters. The molecule has 0 bridgehead atoms. The third-order valence-corrected chi connectivity index (χ3v) is 3.96. The molecule has 0 atom stereocenters. The van der Waals surface area contributed by atoms with Gasteiger partial charge in [0.1, 0.15) is 0 Å². The van der Waals surface area contributed by atoms with Crippen molar-refractivity contribution < 1.29 is 14.7 Å². The first-order chi connectivity index (χ1) is 10.6. The summed E-state index contributed by atoms with van der Waals surface area (Å²) in [5.41, 5.74) is 0.632. The van der Waals surface area contributed by atoms with Crippen LogP contribution in [0.4, 0.5) is 0 Å². The van der Waals surface area contributed by atoms with Gasteiger partial charge in [-0.1, -0.05) is 18.2 Å². The standard InChI is InChI=1S/C17H24N2O3/c20-15-10-8-14(9-11-15)19-16(21)7-4-12-18-17(22)13-5-2-1-3-6-13/h1-3,5-6,14-15,20H,4,7-12H2,(H,18,22)(H,19,21). The molecule has 1 aromatic rings. The van der Waals surface area contributed by atoms with Crippen molar-refractivity contribution in [3.05, 3.63) is 35.9 Å². The number of hydrogen-bond donors (Lipinski definition) is 3. The van der Waals surface area contributed by atoms with E-state index in [1.807, 2.05) is 18.2 Å². The van der Waals surface area contributed by atoms with Gasteiger partial charge in [-0.15, -0.1) is 0 Å². The molecule has 0 radical (unpaired) electrons. The number of hydrogen-bond acceptors (Lipinski definition) is 3.